The Labute approximate surface area is 92.8 Å². The van der Waals surface area contributed by atoms with Crippen molar-refractivity contribution >= 4 is 28.7 Å². The highest BCUT2D eigenvalue weighted by Crippen LogP contribution is 2.23. The van der Waals surface area contributed by atoms with E-state index >= 15 is 0 Å². The monoisotopic (exact) mass is 232 g/mol. The molecule has 1 aromatic heterocycles. The lowest BCUT2D eigenvalue weighted by Crippen LogP contribution is -2.21. The van der Waals surface area contributed by atoms with Crippen LogP contribution in [0, 0.1) is 0 Å². The highest BCUT2D eigenvalue weighted by molar-refractivity contribution is 7.18. The van der Waals surface area contributed by atoms with Crippen LogP contribution in [-0.2, 0) is 4.74 Å². The van der Waals surface area contributed by atoms with Gasteiger partial charge < -0.3 is 4.74 Å². The lowest BCUT2D eigenvalue weighted by Gasteiger charge is -2.11. The summed E-state index contributed by atoms with van der Waals surface area (Å²) in [5, 5.41) is 0. The summed E-state index contributed by atoms with van der Waals surface area (Å²) in [4.78, 5) is 12.5. The molecule has 0 amide bonds. The standard InChI is InChI=1S/C10H13ClO2S/c1-3-4-7(13-2)10(12)8-5-6-9(11)14-8/h5-7H,3-4H2,1-2H3. The van der Waals surface area contributed by atoms with Gasteiger partial charge >= 0.3 is 0 Å². The molecule has 1 rings (SSSR count). The Bertz CT molecular complexity index is 309. The zero-order valence-corrected chi connectivity index (χ0v) is 9.82. The molecule has 0 saturated carbocycles. The molecule has 0 aromatic carbocycles. The summed E-state index contributed by atoms with van der Waals surface area (Å²) in [6.45, 7) is 2.03. The van der Waals surface area contributed by atoms with Crippen molar-refractivity contribution < 1.29 is 9.53 Å². The molecular formula is C10H13ClO2S. The number of hydrogen-bond acceptors (Lipinski definition) is 3. The predicted molar refractivity (Wildman–Crippen MR) is 59.4 cm³/mol. The molecule has 0 spiro atoms. The molecule has 1 aromatic rings. The quantitative estimate of drug-likeness (QED) is 0.728. The minimum atomic E-state index is -0.324. The minimum Gasteiger partial charge on any atom is -0.373 e. The van der Waals surface area contributed by atoms with E-state index in [9.17, 15) is 4.79 Å². The van der Waals surface area contributed by atoms with Gasteiger partial charge in [-0.15, -0.1) is 11.3 Å². The number of carbonyl (C=O) groups is 1. The number of halogens is 1. The van der Waals surface area contributed by atoms with Crippen LogP contribution in [0.3, 0.4) is 0 Å². The first kappa shape index (κ1) is 11.7. The summed E-state index contributed by atoms with van der Waals surface area (Å²) in [5.41, 5.74) is 0. The SMILES string of the molecule is CCCC(OC)C(=O)c1ccc(Cl)s1. The first-order valence-electron chi connectivity index (χ1n) is 4.51. The van der Waals surface area contributed by atoms with E-state index in [1.807, 2.05) is 6.92 Å². The number of ketones is 1. The van der Waals surface area contributed by atoms with Gasteiger partial charge in [-0.1, -0.05) is 24.9 Å². The van der Waals surface area contributed by atoms with Crippen molar-refractivity contribution in [2.75, 3.05) is 7.11 Å². The molecule has 0 bridgehead atoms. The zero-order valence-electron chi connectivity index (χ0n) is 8.25. The molecule has 1 atom stereocenters. The van der Waals surface area contributed by atoms with Crippen molar-refractivity contribution in [2.24, 2.45) is 0 Å². The fourth-order valence-corrected chi connectivity index (χ4v) is 2.25. The third kappa shape index (κ3) is 2.80. The van der Waals surface area contributed by atoms with Crippen molar-refractivity contribution in [1.82, 2.24) is 0 Å². The molecule has 1 unspecified atom stereocenters. The average Bonchev–Trinajstić information content (AvgIpc) is 2.60. The van der Waals surface area contributed by atoms with Crippen LogP contribution in [0.4, 0.5) is 0 Å². The average molecular weight is 233 g/mol. The molecule has 78 valence electrons. The van der Waals surface area contributed by atoms with Gasteiger partial charge in [0.25, 0.3) is 0 Å². The second-order valence-electron chi connectivity index (χ2n) is 2.98. The van der Waals surface area contributed by atoms with E-state index in [-0.39, 0.29) is 11.9 Å². The van der Waals surface area contributed by atoms with Crippen LogP contribution in [0.5, 0.6) is 0 Å². The molecule has 0 fully saturated rings. The summed E-state index contributed by atoms with van der Waals surface area (Å²) >= 11 is 7.06. The third-order valence-corrected chi connectivity index (χ3v) is 3.19. The first-order chi connectivity index (χ1) is 6.69. The largest absolute Gasteiger partial charge is 0.373 e. The molecule has 1 heterocycles. The highest BCUT2D eigenvalue weighted by atomic mass is 35.5. The van der Waals surface area contributed by atoms with E-state index in [0.717, 1.165) is 12.8 Å². The molecule has 0 N–H and O–H groups in total. The van der Waals surface area contributed by atoms with Gasteiger partial charge in [-0.3, -0.25) is 4.79 Å². The topological polar surface area (TPSA) is 26.3 Å². The number of thiophene rings is 1. The first-order valence-corrected chi connectivity index (χ1v) is 5.70. The van der Waals surface area contributed by atoms with Gasteiger partial charge in [-0.25, -0.2) is 0 Å². The van der Waals surface area contributed by atoms with E-state index in [4.69, 9.17) is 16.3 Å². The van der Waals surface area contributed by atoms with Crippen LogP contribution in [0.1, 0.15) is 29.4 Å². The Kier molecular flexibility index (Phi) is 4.58. The number of rotatable bonds is 5. The lowest BCUT2D eigenvalue weighted by atomic mass is 10.1. The number of hydrogen-bond donors (Lipinski definition) is 0. The molecule has 0 aliphatic rings. The molecule has 2 nitrogen and oxygen atoms in total. The highest BCUT2D eigenvalue weighted by Gasteiger charge is 2.19. The van der Waals surface area contributed by atoms with Gasteiger partial charge in [0.15, 0.2) is 0 Å². The zero-order chi connectivity index (χ0) is 10.6. The predicted octanol–water partition coefficient (Wildman–Crippen LogP) is 3.40. The maximum atomic E-state index is 11.8. The van der Waals surface area contributed by atoms with Gasteiger partial charge in [0.05, 0.1) is 9.21 Å². The molecule has 0 aliphatic heterocycles. The van der Waals surface area contributed by atoms with Crippen molar-refractivity contribution in [1.29, 1.82) is 0 Å². The molecular weight excluding hydrogens is 220 g/mol. The fraction of sp³-hybridized carbons (Fsp3) is 0.500. The second-order valence-corrected chi connectivity index (χ2v) is 4.70. The van der Waals surface area contributed by atoms with Crippen LogP contribution >= 0.6 is 22.9 Å². The number of Topliss-reactive ketones (excluding diaryl/α,β-unsaturated/α-hetero) is 1. The van der Waals surface area contributed by atoms with Gasteiger partial charge in [0.1, 0.15) is 6.10 Å². The number of ether oxygens (including phenoxy) is 1. The normalized spacial score (nSPS) is 12.8. The van der Waals surface area contributed by atoms with E-state index < -0.39 is 0 Å². The number of carbonyl (C=O) groups excluding carboxylic acids is 1. The number of methoxy groups -OCH3 is 1. The van der Waals surface area contributed by atoms with Gasteiger partial charge in [0.2, 0.25) is 5.78 Å². The Morgan fingerprint density at radius 2 is 2.36 bits per heavy atom. The molecule has 0 saturated heterocycles. The van der Waals surface area contributed by atoms with Crippen molar-refractivity contribution in [3.05, 3.63) is 21.3 Å². The van der Waals surface area contributed by atoms with E-state index in [1.165, 1.54) is 11.3 Å². The van der Waals surface area contributed by atoms with Crippen molar-refractivity contribution in [2.45, 2.75) is 25.9 Å². The van der Waals surface area contributed by atoms with E-state index in [1.54, 1.807) is 19.2 Å². The van der Waals surface area contributed by atoms with Crippen molar-refractivity contribution in [3.8, 4) is 0 Å². The van der Waals surface area contributed by atoms with Crippen LogP contribution < -0.4 is 0 Å². The third-order valence-electron chi connectivity index (χ3n) is 1.94. The molecule has 0 aliphatic carbocycles. The molecule has 4 heteroatoms. The van der Waals surface area contributed by atoms with Gasteiger partial charge in [0, 0.05) is 7.11 Å². The molecule has 0 radical (unpaired) electrons. The summed E-state index contributed by atoms with van der Waals surface area (Å²) in [5.74, 6) is 0.0336. The Morgan fingerprint density at radius 1 is 1.64 bits per heavy atom. The van der Waals surface area contributed by atoms with E-state index in [0.29, 0.717) is 9.21 Å². The lowest BCUT2D eigenvalue weighted by molar-refractivity contribution is 0.0583. The Hall–Kier alpha value is -0.380. The summed E-state index contributed by atoms with van der Waals surface area (Å²) < 4.78 is 5.77. The summed E-state index contributed by atoms with van der Waals surface area (Å²) in [6, 6.07) is 3.48. The van der Waals surface area contributed by atoms with Crippen LogP contribution in [0.2, 0.25) is 4.34 Å². The van der Waals surface area contributed by atoms with Crippen LogP contribution in [-0.4, -0.2) is 19.0 Å². The maximum Gasteiger partial charge on any atom is 0.201 e. The van der Waals surface area contributed by atoms with Crippen LogP contribution in [0.15, 0.2) is 12.1 Å². The van der Waals surface area contributed by atoms with Crippen LogP contribution in [0.25, 0.3) is 0 Å². The Balaban J connectivity index is 2.72. The van der Waals surface area contributed by atoms with Gasteiger partial charge in [-0.2, -0.15) is 0 Å². The summed E-state index contributed by atoms with van der Waals surface area (Å²) in [7, 11) is 1.56. The minimum absolute atomic E-state index is 0.0336. The smallest absolute Gasteiger partial charge is 0.201 e. The second kappa shape index (κ2) is 5.49. The Morgan fingerprint density at radius 3 is 2.79 bits per heavy atom. The fourth-order valence-electron chi connectivity index (χ4n) is 1.22. The van der Waals surface area contributed by atoms with Gasteiger partial charge in [-0.05, 0) is 18.6 Å². The van der Waals surface area contributed by atoms with Crippen molar-refractivity contribution in [3.63, 3.8) is 0 Å². The summed E-state index contributed by atoms with van der Waals surface area (Å²) in [6.07, 6.45) is 1.36. The maximum absolute atomic E-state index is 11.8. The molecule has 14 heavy (non-hydrogen) atoms. The van der Waals surface area contributed by atoms with E-state index in [2.05, 4.69) is 0 Å².